The highest BCUT2D eigenvalue weighted by molar-refractivity contribution is 9.10. The van der Waals surface area contributed by atoms with Gasteiger partial charge in [-0.2, -0.15) is 0 Å². The fourth-order valence-corrected chi connectivity index (χ4v) is 3.47. The maximum atomic E-state index is 5.45. The first-order valence-corrected chi connectivity index (χ1v) is 8.41. The average molecular weight is 361 g/mol. The summed E-state index contributed by atoms with van der Waals surface area (Å²) in [6.07, 6.45) is 1.13. The van der Waals surface area contributed by atoms with Crippen molar-refractivity contribution in [1.29, 1.82) is 0 Å². The summed E-state index contributed by atoms with van der Waals surface area (Å²) in [4.78, 5) is 0. The number of hydrogen-bond donors (Lipinski definition) is 2. The Bertz CT molecular complexity index is 618. The van der Waals surface area contributed by atoms with Gasteiger partial charge in [-0.15, -0.1) is 0 Å². The average Bonchev–Trinajstić information content (AvgIpc) is 3.02. The molecule has 0 saturated carbocycles. The SMILES string of the molecule is COc1ccc(Br)cc1CN[C@@H]1CCN[C@@H]1c1ccccc1. The molecule has 0 bridgehead atoms. The molecule has 4 heteroatoms. The molecule has 22 heavy (non-hydrogen) atoms. The highest BCUT2D eigenvalue weighted by atomic mass is 79.9. The Hall–Kier alpha value is -1.36. The molecule has 3 rings (SSSR count). The number of hydrogen-bond acceptors (Lipinski definition) is 3. The Labute approximate surface area is 140 Å². The van der Waals surface area contributed by atoms with Gasteiger partial charge in [-0.05, 0) is 36.7 Å². The fourth-order valence-electron chi connectivity index (χ4n) is 3.06. The summed E-state index contributed by atoms with van der Waals surface area (Å²) in [6.45, 7) is 1.85. The Kier molecular flexibility index (Phi) is 5.13. The second-order valence-corrected chi connectivity index (χ2v) is 6.49. The lowest BCUT2D eigenvalue weighted by Crippen LogP contribution is -2.34. The van der Waals surface area contributed by atoms with Gasteiger partial charge in [0.15, 0.2) is 0 Å². The molecular weight excluding hydrogens is 340 g/mol. The summed E-state index contributed by atoms with van der Waals surface area (Å²) in [5.41, 5.74) is 2.52. The standard InChI is InChI=1S/C18H21BrN2O/c1-22-17-8-7-15(19)11-14(17)12-21-16-9-10-20-18(16)13-5-3-2-4-6-13/h2-8,11,16,18,20-21H,9-10,12H2,1H3/t16-,18-/m1/s1. The van der Waals surface area contributed by atoms with Crippen molar-refractivity contribution in [2.24, 2.45) is 0 Å². The second kappa shape index (κ2) is 7.27. The first kappa shape index (κ1) is 15.5. The van der Waals surface area contributed by atoms with Crippen molar-refractivity contribution in [3.63, 3.8) is 0 Å². The van der Waals surface area contributed by atoms with Crippen molar-refractivity contribution in [2.45, 2.75) is 25.0 Å². The van der Waals surface area contributed by atoms with Gasteiger partial charge in [0.25, 0.3) is 0 Å². The Morgan fingerprint density at radius 3 is 2.82 bits per heavy atom. The van der Waals surface area contributed by atoms with Gasteiger partial charge in [-0.3, -0.25) is 0 Å². The number of nitrogens with one attached hydrogen (secondary N) is 2. The molecule has 0 spiro atoms. The molecule has 0 aromatic heterocycles. The zero-order chi connectivity index (χ0) is 15.4. The summed E-state index contributed by atoms with van der Waals surface area (Å²) in [5.74, 6) is 0.929. The zero-order valence-corrected chi connectivity index (χ0v) is 14.3. The third-order valence-corrected chi connectivity index (χ3v) is 4.67. The van der Waals surface area contributed by atoms with Crippen molar-refractivity contribution in [1.82, 2.24) is 10.6 Å². The van der Waals surface area contributed by atoms with E-state index in [0.29, 0.717) is 12.1 Å². The summed E-state index contributed by atoms with van der Waals surface area (Å²) >= 11 is 3.53. The van der Waals surface area contributed by atoms with Crippen molar-refractivity contribution < 1.29 is 4.74 Å². The van der Waals surface area contributed by atoms with Crippen LogP contribution in [-0.2, 0) is 6.54 Å². The largest absolute Gasteiger partial charge is 0.496 e. The molecule has 0 unspecified atom stereocenters. The molecule has 1 saturated heterocycles. The molecule has 1 fully saturated rings. The summed E-state index contributed by atoms with van der Waals surface area (Å²) in [7, 11) is 1.72. The van der Waals surface area contributed by atoms with E-state index in [1.807, 2.05) is 12.1 Å². The highest BCUT2D eigenvalue weighted by Crippen LogP contribution is 2.26. The van der Waals surface area contributed by atoms with Crippen LogP contribution in [0.25, 0.3) is 0 Å². The molecule has 1 aliphatic rings. The van der Waals surface area contributed by atoms with E-state index in [2.05, 4.69) is 63.0 Å². The van der Waals surface area contributed by atoms with E-state index in [1.165, 1.54) is 11.1 Å². The third-order valence-electron chi connectivity index (χ3n) is 4.18. The normalized spacial score (nSPS) is 21.0. The van der Waals surface area contributed by atoms with Crippen molar-refractivity contribution in [3.8, 4) is 5.75 Å². The van der Waals surface area contributed by atoms with Gasteiger partial charge < -0.3 is 15.4 Å². The molecule has 0 radical (unpaired) electrons. The van der Waals surface area contributed by atoms with E-state index in [9.17, 15) is 0 Å². The van der Waals surface area contributed by atoms with Gasteiger partial charge in [-0.25, -0.2) is 0 Å². The van der Waals surface area contributed by atoms with E-state index in [-0.39, 0.29) is 0 Å². The van der Waals surface area contributed by atoms with Crippen LogP contribution >= 0.6 is 15.9 Å². The zero-order valence-electron chi connectivity index (χ0n) is 12.7. The van der Waals surface area contributed by atoms with E-state index in [1.54, 1.807) is 7.11 Å². The van der Waals surface area contributed by atoms with Crippen LogP contribution in [0.5, 0.6) is 5.75 Å². The number of rotatable bonds is 5. The number of methoxy groups -OCH3 is 1. The van der Waals surface area contributed by atoms with Gasteiger partial charge in [0.05, 0.1) is 7.11 Å². The summed E-state index contributed by atoms with van der Waals surface area (Å²) in [6, 6.07) is 17.6. The van der Waals surface area contributed by atoms with Crippen molar-refractivity contribution in [2.75, 3.05) is 13.7 Å². The van der Waals surface area contributed by atoms with Crippen LogP contribution in [0.15, 0.2) is 53.0 Å². The molecule has 2 aromatic rings. The molecular formula is C18H21BrN2O. The smallest absolute Gasteiger partial charge is 0.123 e. The molecule has 2 N–H and O–H groups in total. The maximum absolute atomic E-state index is 5.45. The summed E-state index contributed by atoms with van der Waals surface area (Å²) < 4.78 is 6.53. The van der Waals surface area contributed by atoms with E-state index >= 15 is 0 Å². The lowest BCUT2D eigenvalue weighted by atomic mass is 10.0. The van der Waals surface area contributed by atoms with Crippen LogP contribution in [0.4, 0.5) is 0 Å². The van der Waals surface area contributed by atoms with Crippen molar-refractivity contribution >= 4 is 15.9 Å². The third kappa shape index (κ3) is 3.51. The van der Waals surface area contributed by atoms with Gasteiger partial charge in [0, 0.05) is 28.7 Å². The van der Waals surface area contributed by atoms with E-state index < -0.39 is 0 Å². The lowest BCUT2D eigenvalue weighted by molar-refractivity contribution is 0.401. The molecule has 1 heterocycles. The molecule has 0 aliphatic carbocycles. The predicted molar refractivity (Wildman–Crippen MR) is 93.1 cm³/mol. The Balaban J connectivity index is 1.69. The van der Waals surface area contributed by atoms with Crippen LogP contribution < -0.4 is 15.4 Å². The quantitative estimate of drug-likeness (QED) is 0.853. The van der Waals surface area contributed by atoms with Crippen LogP contribution in [0.1, 0.15) is 23.6 Å². The molecule has 2 atom stereocenters. The number of benzene rings is 2. The molecule has 116 valence electrons. The molecule has 1 aliphatic heterocycles. The maximum Gasteiger partial charge on any atom is 0.123 e. The minimum absolute atomic E-state index is 0.374. The monoisotopic (exact) mass is 360 g/mol. The first-order valence-electron chi connectivity index (χ1n) is 7.62. The van der Waals surface area contributed by atoms with Gasteiger partial charge >= 0.3 is 0 Å². The van der Waals surface area contributed by atoms with Crippen LogP contribution in [0, 0.1) is 0 Å². The molecule has 0 amide bonds. The minimum atomic E-state index is 0.374. The van der Waals surface area contributed by atoms with Gasteiger partial charge in [-0.1, -0.05) is 46.3 Å². The Morgan fingerprint density at radius 2 is 2.05 bits per heavy atom. The fraction of sp³-hybridized carbons (Fsp3) is 0.333. The minimum Gasteiger partial charge on any atom is -0.496 e. The summed E-state index contributed by atoms with van der Waals surface area (Å²) in [5, 5.41) is 7.28. The van der Waals surface area contributed by atoms with Crippen LogP contribution in [0.2, 0.25) is 0 Å². The van der Waals surface area contributed by atoms with Gasteiger partial charge in [0.1, 0.15) is 5.75 Å². The second-order valence-electron chi connectivity index (χ2n) is 5.57. The molecule has 2 aromatic carbocycles. The Morgan fingerprint density at radius 1 is 1.23 bits per heavy atom. The topological polar surface area (TPSA) is 33.3 Å². The highest BCUT2D eigenvalue weighted by Gasteiger charge is 2.27. The molecule has 3 nitrogen and oxygen atoms in total. The van der Waals surface area contributed by atoms with E-state index in [4.69, 9.17) is 4.74 Å². The first-order chi connectivity index (χ1) is 10.8. The van der Waals surface area contributed by atoms with Crippen LogP contribution in [-0.4, -0.2) is 19.7 Å². The number of ether oxygens (including phenoxy) is 1. The number of halogens is 1. The van der Waals surface area contributed by atoms with Gasteiger partial charge in [0.2, 0.25) is 0 Å². The lowest BCUT2D eigenvalue weighted by Gasteiger charge is -2.22. The predicted octanol–water partition coefficient (Wildman–Crippen LogP) is 3.65. The van der Waals surface area contributed by atoms with Crippen molar-refractivity contribution in [3.05, 3.63) is 64.1 Å². The van der Waals surface area contributed by atoms with E-state index in [0.717, 1.165) is 29.7 Å². The van der Waals surface area contributed by atoms with Crippen LogP contribution in [0.3, 0.4) is 0 Å².